The van der Waals surface area contributed by atoms with Gasteiger partial charge in [-0.15, -0.1) is 5.10 Å². The van der Waals surface area contributed by atoms with Gasteiger partial charge in [-0.3, -0.25) is 10.7 Å². The maximum Gasteiger partial charge on any atom is 0.336 e. The van der Waals surface area contributed by atoms with Crippen LogP contribution in [0.1, 0.15) is 25.2 Å². The molecule has 0 aliphatic heterocycles. The van der Waals surface area contributed by atoms with E-state index in [0.29, 0.717) is 18.3 Å². The summed E-state index contributed by atoms with van der Waals surface area (Å²) < 4.78 is 7.09. The normalized spacial score (nSPS) is 9.53. The Hall–Kier alpha value is -2.08. The lowest BCUT2D eigenvalue weighted by Crippen LogP contribution is -2.02. The number of para-hydroxylation sites is 1. The summed E-state index contributed by atoms with van der Waals surface area (Å²) in [5, 5.41) is 13.0. The van der Waals surface area contributed by atoms with Crippen LogP contribution in [-0.2, 0) is 13.7 Å². The zero-order valence-corrected chi connectivity index (χ0v) is 11.7. The molecule has 6 nitrogen and oxygen atoms in total. The van der Waals surface area contributed by atoms with Crippen LogP contribution in [0, 0.1) is 6.92 Å². The monoisotopic (exact) mass is 264 g/mol. The van der Waals surface area contributed by atoms with Gasteiger partial charge in [-0.2, -0.15) is 4.98 Å². The summed E-state index contributed by atoms with van der Waals surface area (Å²) in [6.07, 6.45) is 0. The van der Waals surface area contributed by atoms with Gasteiger partial charge in [0.05, 0.1) is 5.69 Å². The topological polar surface area (TPSA) is 72.2 Å². The van der Waals surface area contributed by atoms with E-state index < -0.39 is 0 Å². The van der Waals surface area contributed by atoms with E-state index in [1.54, 1.807) is 17.8 Å². The second kappa shape index (κ2) is 7.38. The number of ether oxygens (including phenoxy) is 1. The predicted molar refractivity (Wildman–Crippen MR) is 73.3 cm³/mol. The van der Waals surface area contributed by atoms with Crippen LogP contribution in [0.25, 0.3) is 0 Å². The standard InChI is InChI=1S/C11H14N4O2.C2H6/c1-8-12-11(13-15(8)2)17-7-9-5-3-4-6-10(9)14-16;1-2/h3-6,14,16H,7H2,1-2H3;1-2H3. The van der Waals surface area contributed by atoms with Crippen LogP contribution in [0.15, 0.2) is 24.3 Å². The van der Waals surface area contributed by atoms with Gasteiger partial charge >= 0.3 is 6.01 Å². The Kier molecular flexibility index (Phi) is 5.81. The maximum absolute atomic E-state index is 8.92. The minimum Gasteiger partial charge on any atom is -0.457 e. The lowest BCUT2D eigenvalue weighted by Gasteiger charge is -2.07. The van der Waals surface area contributed by atoms with E-state index in [1.165, 1.54) is 0 Å². The minimum absolute atomic E-state index is 0.299. The van der Waals surface area contributed by atoms with Gasteiger partial charge in [0.1, 0.15) is 12.4 Å². The molecule has 2 rings (SSSR count). The van der Waals surface area contributed by atoms with Gasteiger partial charge in [0.15, 0.2) is 0 Å². The van der Waals surface area contributed by atoms with Crippen molar-refractivity contribution < 1.29 is 9.94 Å². The summed E-state index contributed by atoms with van der Waals surface area (Å²) in [6.45, 7) is 6.15. The first-order valence-corrected chi connectivity index (χ1v) is 6.19. The van der Waals surface area contributed by atoms with Gasteiger partial charge in [0.2, 0.25) is 0 Å². The molecule has 2 N–H and O–H groups in total. The fourth-order valence-corrected chi connectivity index (χ4v) is 1.39. The predicted octanol–water partition coefficient (Wildman–Crippen LogP) is 2.53. The van der Waals surface area contributed by atoms with Gasteiger partial charge in [-0.05, 0) is 13.0 Å². The van der Waals surface area contributed by atoms with E-state index in [1.807, 2.05) is 39.0 Å². The molecule has 0 aliphatic carbocycles. The van der Waals surface area contributed by atoms with Crippen molar-refractivity contribution in [3.05, 3.63) is 35.7 Å². The van der Waals surface area contributed by atoms with E-state index in [0.717, 1.165) is 11.4 Å². The highest BCUT2D eigenvalue weighted by atomic mass is 16.5. The molecule has 19 heavy (non-hydrogen) atoms. The van der Waals surface area contributed by atoms with Gasteiger partial charge in [-0.1, -0.05) is 32.0 Å². The third-order valence-electron chi connectivity index (χ3n) is 2.46. The first-order valence-electron chi connectivity index (χ1n) is 6.19. The lowest BCUT2D eigenvalue weighted by atomic mass is 10.2. The van der Waals surface area contributed by atoms with E-state index >= 15 is 0 Å². The zero-order valence-electron chi connectivity index (χ0n) is 11.7. The molecule has 0 saturated heterocycles. The van der Waals surface area contributed by atoms with Crippen LogP contribution in [0.2, 0.25) is 0 Å². The lowest BCUT2D eigenvalue weighted by molar-refractivity contribution is 0.279. The van der Waals surface area contributed by atoms with Crippen molar-refractivity contribution in [2.45, 2.75) is 27.4 Å². The Balaban J connectivity index is 0.000000861. The van der Waals surface area contributed by atoms with Crippen LogP contribution < -0.4 is 10.2 Å². The molecule has 0 fully saturated rings. The van der Waals surface area contributed by atoms with E-state index in [9.17, 15) is 0 Å². The molecule has 0 aliphatic rings. The van der Waals surface area contributed by atoms with Crippen LogP contribution in [0.4, 0.5) is 5.69 Å². The number of hydrogen-bond donors (Lipinski definition) is 2. The summed E-state index contributed by atoms with van der Waals surface area (Å²) >= 11 is 0. The average Bonchev–Trinajstić information content (AvgIpc) is 2.78. The molecule has 0 amide bonds. The van der Waals surface area contributed by atoms with E-state index in [2.05, 4.69) is 15.6 Å². The Bertz CT molecular complexity index is 492. The number of nitrogens with one attached hydrogen (secondary N) is 1. The van der Waals surface area contributed by atoms with Gasteiger partial charge in [0.25, 0.3) is 0 Å². The third-order valence-corrected chi connectivity index (χ3v) is 2.46. The van der Waals surface area contributed by atoms with E-state index in [-0.39, 0.29) is 0 Å². The number of nitrogens with zero attached hydrogens (tertiary/aromatic N) is 3. The van der Waals surface area contributed by atoms with Crippen molar-refractivity contribution >= 4 is 5.69 Å². The Labute approximate surface area is 113 Å². The van der Waals surface area contributed by atoms with Crippen LogP contribution in [0.3, 0.4) is 0 Å². The summed E-state index contributed by atoms with van der Waals surface area (Å²) in [7, 11) is 1.80. The molecule has 0 radical (unpaired) electrons. The summed E-state index contributed by atoms with van der Waals surface area (Å²) in [5.41, 5.74) is 3.57. The summed E-state index contributed by atoms with van der Waals surface area (Å²) in [5.74, 6) is 0.786. The van der Waals surface area contributed by atoms with Crippen molar-refractivity contribution in [3.63, 3.8) is 0 Å². The number of aromatic nitrogens is 3. The molecular weight excluding hydrogens is 244 g/mol. The summed E-state index contributed by atoms with van der Waals surface area (Å²) in [4.78, 5) is 4.13. The van der Waals surface area contributed by atoms with Gasteiger partial charge in [-0.25, -0.2) is 4.68 Å². The smallest absolute Gasteiger partial charge is 0.336 e. The summed E-state index contributed by atoms with van der Waals surface area (Å²) in [6, 6.07) is 7.64. The Morgan fingerprint density at radius 2 is 2.00 bits per heavy atom. The number of benzene rings is 1. The highest BCUT2D eigenvalue weighted by molar-refractivity contribution is 5.48. The second-order valence-electron chi connectivity index (χ2n) is 3.62. The van der Waals surface area contributed by atoms with Crippen LogP contribution in [-0.4, -0.2) is 20.0 Å². The second-order valence-corrected chi connectivity index (χ2v) is 3.62. The van der Waals surface area contributed by atoms with Crippen molar-refractivity contribution in [2.24, 2.45) is 7.05 Å². The molecule has 0 saturated carbocycles. The van der Waals surface area contributed by atoms with Gasteiger partial charge in [0, 0.05) is 12.6 Å². The quantitative estimate of drug-likeness (QED) is 0.830. The Morgan fingerprint density at radius 3 is 2.58 bits per heavy atom. The fraction of sp³-hybridized carbons (Fsp3) is 0.385. The largest absolute Gasteiger partial charge is 0.457 e. The first-order chi connectivity index (χ1) is 9.20. The highest BCUT2D eigenvalue weighted by Gasteiger charge is 2.06. The molecule has 1 aromatic heterocycles. The molecule has 1 aromatic carbocycles. The van der Waals surface area contributed by atoms with Crippen molar-refractivity contribution in [3.8, 4) is 6.01 Å². The van der Waals surface area contributed by atoms with Crippen LogP contribution in [0.5, 0.6) is 6.01 Å². The highest BCUT2D eigenvalue weighted by Crippen LogP contribution is 2.16. The number of anilines is 1. The van der Waals surface area contributed by atoms with E-state index in [4.69, 9.17) is 9.94 Å². The minimum atomic E-state index is 0.299. The number of rotatable bonds is 4. The average molecular weight is 264 g/mol. The van der Waals surface area contributed by atoms with Gasteiger partial charge < -0.3 is 4.74 Å². The van der Waals surface area contributed by atoms with Crippen molar-refractivity contribution in [1.29, 1.82) is 0 Å². The third kappa shape index (κ3) is 3.96. The molecule has 104 valence electrons. The number of aryl methyl sites for hydroxylation is 2. The molecule has 1 heterocycles. The molecule has 0 unspecified atom stereocenters. The molecule has 0 spiro atoms. The van der Waals surface area contributed by atoms with Crippen LogP contribution >= 0.6 is 0 Å². The SMILES string of the molecule is CC.Cc1nc(OCc2ccccc2NO)nn1C. The zero-order chi connectivity index (χ0) is 14.3. The molecule has 6 heteroatoms. The number of hydrogen-bond acceptors (Lipinski definition) is 5. The molecule has 2 aromatic rings. The maximum atomic E-state index is 8.92. The fourth-order valence-electron chi connectivity index (χ4n) is 1.39. The first kappa shape index (κ1) is 15.0. The Morgan fingerprint density at radius 1 is 1.32 bits per heavy atom. The molecule has 0 atom stereocenters. The van der Waals surface area contributed by atoms with Crippen molar-refractivity contribution in [2.75, 3.05) is 5.48 Å². The molecular formula is C13H20N4O2. The van der Waals surface area contributed by atoms with Crippen molar-refractivity contribution in [1.82, 2.24) is 14.8 Å². The molecule has 0 bridgehead atoms.